The Bertz CT molecular complexity index is 736. The minimum atomic E-state index is -0.0189. The van der Waals surface area contributed by atoms with Crippen LogP contribution in [0, 0.1) is 0 Å². The summed E-state index contributed by atoms with van der Waals surface area (Å²) >= 11 is 0. The van der Waals surface area contributed by atoms with E-state index in [0.717, 1.165) is 70.1 Å². The van der Waals surface area contributed by atoms with Crippen LogP contribution in [-0.4, -0.2) is 62.4 Å². The second-order valence-corrected chi connectivity index (χ2v) is 9.36. The molecule has 3 aliphatic rings. The molecule has 0 bridgehead atoms. The first-order valence-electron chi connectivity index (χ1n) is 11.6. The maximum absolute atomic E-state index is 6.53. The van der Waals surface area contributed by atoms with Crippen LogP contribution in [0.3, 0.4) is 0 Å². The molecular formula is C24H38N4O2. The molecule has 0 radical (unpaired) electrons. The minimum Gasteiger partial charge on any atom is -0.487 e. The lowest BCUT2D eigenvalue weighted by Gasteiger charge is -2.42. The van der Waals surface area contributed by atoms with Crippen molar-refractivity contribution in [2.75, 3.05) is 40.4 Å². The third-order valence-corrected chi connectivity index (χ3v) is 7.27. The Balaban J connectivity index is 1.55. The van der Waals surface area contributed by atoms with Crippen molar-refractivity contribution >= 4 is 5.96 Å². The van der Waals surface area contributed by atoms with Gasteiger partial charge in [-0.25, -0.2) is 0 Å². The van der Waals surface area contributed by atoms with Crippen molar-refractivity contribution in [1.29, 1.82) is 0 Å². The highest BCUT2D eigenvalue weighted by Crippen LogP contribution is 2.47. The number of guanidine groups is 1. The molecule has 1 spiro atoms. The maximum atomic E-state index is 6.53. The van der Waals surface area contributed by atoms with Gasteiger partial charge in [-0.05, 0) is 65.6 Å². The molecule has 2 heterocycles. The molecule has 6 heteroatoms. The summed E-state index contributed by atoms with van der Waals surface area (Å²) in [6.07, 6.45) is 7.86. The van der Waals surface area contributed by atoms with E-state index >= 15 is 0 Å². The van der Waals surface area contributed by atoms with E-state index in [2.05, 4.69) is 60.8 Å². The molecule has 1 saturated heterocycles. The van der Waals surface area contributed by atoms with Crippen molar-refractivity contribution in [3.63, 3.8) is 0 Å². The summed E-state index contributed by atoms with van der Waals surface area (Å²) in [7, 11) is 4.33. The number of fused-ring (bicyclic) bond motifs is 1. The third kappa shape index (κ3) is 4.45. The van der Waals surface area contributed by atoms with Crippen LogP contribution in [0.5, 0.6) is 5.75 Å². The van der Waals surface area contributed by atoms with Gasteiger partial charge in [-0.2, -0.15) is 0 Å². The van der Waals surface area contributed by atoms with Crippen molar-refractivity contribution in [3.05, 3.63) is 29.8 Å². The molecule has 1 aromatic carbocycles. The summed E-state index contributed by atoms with van der Waals surface area (Å²) in [6, 6.07) is 8.72. The predicted octanol–water partition coefficient (Wildman–Crippen LogP) is 3.49. The summed E-state index contributed by atoms with van der Waals surface area (Å²) in [4.78, 5) is 7.40. The molecule has 2 aliphatic heterocycles. The number of nitrogens with zero attached hydrogens (tertiary/aromatic N) is 2. The van der Waals surface area contributed by atoms with Gasteiger partial charge in [0, 0.05) is 37.3 Å². The van der Waals surface area contributed by atoms with Gasteiger partial charge in [-0.1, -0.05) is 18.2 Å². The number of benzene rings is 1. The predicted molar refractivity (Wildman–Crippen MR) is 121 cm³/mol. The summed E-state index contributed by atoms with van der Waals surface area (Å²) < 4.78 is 12.2. The molecule has 0 amide bonds. The van der Waals surface area contributed by atoms with E-state index in [1.54, 1.807) is 0 Å². The molecule has 30 heavy (non-hydrogen) atoms. The first kappa shape index (κ1) is 21.4. The Labute approximate surface area is 181 Å². The summed E-state index contributed by atoms with van der Waals surface area (Å²) in [5.74, 6) is 1.94. The van der Waals surface area contributed by atoms with Crippen LogP contribution in [0.15, 0.2) is 29.3 Å². The number of hydrogen-bond donors (Lipinski definition) is 2. The number of para-hydroxylation sites is 1. The van der Waals surface area contributed by atoms with Crippen molar-refractivity contribution in [3.8, 4) is 5.75 Å². The lowest BCUT2D eigenvalue weighted by atomic mass is 9.86. The number of likely N-dealkylation sites (N-methyl/N-ethyl adjacent to an activating group) is 1. The molecule has 2 fully saturated rings. The third-order valence-electron chi connectivity index (χ3n) is 7.27. The van der Waals surface area contributed by atoms with Crippen LogP contribution in [0.4, 0.5) is 0 Å². The van der Waals surface area contributed by atoms with Crippen molar-refractivity contribution < 1.29 is 9.47 Å². The van der Waals surface area contributed by atoms with Gasteiger partial charge < -0.3 is 25.0 Å². The number of nitrogens with one attached hydrogen (secondary N) is 2. The molecule has 1 unspecified atom stereocenters. The van der Waals surface area contributed by atoms with Gasteiger partial charge in [0.15, 0.2) is 5.96 Å². The van der Waals surface area contributed by atoms with Crippen molar-refractivity contribution in [1.82, 2.24) is 15.5 Å². The van der Waals surface area contributed by atoms with Crippen LogP contribution >= 0.6 is 0 Å². The van der Waals surface area contributed by atoms with E-state index in [-0.39, 0.29) is 17.2 Å². The zero-order valence-corrected chi connectivity index (χ0v) is 18.9. The molecule has 1 saturated carbocycles. The van der Waals surface area contributed by atoms with E-state index in [4.69, 9.17) is 14.5 Å². The number of ether oxygens (including phenoxy) is 2. The topological polar surface area (TPSA) is 58.1 Å². The number of rotatable bonds is 5. The lowest BCUT2D eigenvalue weighted by Crippen LogP contribution is -2.52. The highest BCUT2D eigenvalue weighted by Gasteiger charge is 2.43. The van der Waals surface area contributed by atoms with Crippen LogP contribution in [0.2, 0.25) is 0 Å². The Kier molecular flexibility index (Phi) is 6.54. The molecule has 1 aliphatic carbocycles. The maximum Gasteiger partial charge on any atom is 0.191 e. The average molecular weight is 415 g/mol. The first-order chi connectivity index (χ1) is 14.6. The quantitative estimate of drug-likeness (QED) is 0.571. The Hall–Kier alpha value is -1.79. The van der Waals surface area contributed by atoms with E-state index in [1.807, 2.05) is 0 Å². The Morgan fingerprint density at radius 1 is 1.13 bits per heavy atom. The smallest absolute Gasteiger partial charge is 0.191 e. The van der Waals surface area contributed by atoms with Crippen LogP contribution in [0.25, 0.3) is 0 Å². The molecule has 1 aromatic rings. The molecule has 166 valence electrons. The van der Waals surface area contributed by atoms with Gasteiger partial charge in [0.1, 0.15) is 11.4 Å². The molecule has 2 N–H and O–H groups in total. The van der Waals surface area contributed by atoms with Gasteiger partial charge in [0.2, 0.25) is 0 Å². The van der Waals surface area contributed by atoms with Gasteiger partial charge in [0.05, 0.1) is 12.6 Å². The van der Waals surface area contributed by atoms with Crippen LogP contribution in [0.1, 0.15) is 63.5 Å². The van der Waals surface area contributed by atoms with Gasteiger partial charge in [-0.3, -0.25) is 4.99 Å². The number of hydrogen-bond acceptors (Lipinski definition) is 4. The summed E-state index contributed by atoms with van der Waals surface area (Å²) in [6.45, 7) is 5.37. The fraction of sp³-hybridized carbons (Fsp3) is 0.708. The lowest BCUT2D eigenvalue weighted by molar-refractivity contribution is -0.00259. The average Bonchev–Trinajstić information content (AvgIpc) is 3.20. The molecule has 4 rings (SSSR count). The SMILES string of the molecule is CCNC(=NCC1(N(C)C)CCOCC1)NC1CC2(CCCC2)Oc2ccccc21. The van der Waals surface area contributed by atoms with E-state index in [1.165, 1.54) is 18.4 Å². The molecule has 6 nitrogen and oxygen atoms in total. The second-order valence-electron chi connectivity index (χ2n) is 9.36. The standard InChI is InChI=1S/C24H38N4O2/c1-4-25-22(26-18-23(28(2)3)13-15-29-16-14-23)27-20-17-24(11-7-8-12-24)30-21-10-6-5-9-19(20)21/h5-6,9-10,20H,4,7-8,11-18H2,1-3H3,(H2,25,26,27). The normalized spacial score (nSPS) is 25.1. The fourth-order valence-corrected chi connectivity index (χ4v) is 5.28. The second kappa shape index (κ2) is 9.15. The van der Waals surface area contributed by atoms with Gasteiger partial charge >= 0.3 is 0 Å². The largest absolute Gasteiger partial charge is 0.487 e. The molecular weight excluding hydrogens is 376 g/mol. The monoisotopic (exact) mass is 414 g/mol. The van der Waals surface area contributed by atoms with Crippen molar-refractivity contribution in [2.24, 2.45) is 4.99 Å². The minimum absolute atomic E-state index is 0.0189. The van der Waals surface area contributed by atoms with E-state index in [9.17, 15) is 0 Å². The highest BCUT2D eigenvalue weighted by molar-refractivity contribution is 5.80. The van der Waals surface area contributed by atoms with Crippen molar-refractivity contribution in [2.45, 2.75) is 69.1 Å². The van der Waals surface area contributed by atoms with Crippen LogP contribution in [-0.2, 0) is 4.74 Å². The summed E-state index contributed by atoms with van der Waals surface area (Å²) in [5.41, 5.74) is 1.30. The Morgan fingerprint density at radius 2 is 1.87 bits per heavy atom. The van der Waals surface area contributed by atoms with E-state index in [0.29, 0.717) is 0 Å². The highest BCUT2D eigenvalue weighted by atomic mass is 16.5. The van der Waals surface area contributed by atoms with Gasteiger partial charge in [0.25, 0.3) is 0 Å². The Morgan fingerprint density at radius 3 is 2.57 bits per heavy atom. The molecule has 1 atom stereocenters. The van der Waals surface area contributed by atoms with Gasteiger partial charge in [-0.15, -0.1) is 0 Å². The summed E-state index contributed by atoms with van der Waals surface area (Å²) in [5, 5.41) is 7.25. The number of aliphatic imine (C=N–C) groups is 1. The van der Waals surface area contributed by atoms with Crippen LogP contribution < -0.4 is 15.4 Å². The zero-order valence-electron chi connectivity index (χ0n) is 18.9. The van der Waals surface area contributed by atoms with E-state index < -0.39 is 0 Å². The molecule has 0 aromatic heterocycles. The fourth-order valence-electron chi connectivity index (χ4n) is 5.28. The zero-order chi connectivity index (χ0) is 21.0. The first-order valence-corrected chi connectivity index (χ1v) is 11.6.